The summed E-state index contributed by atoms with van der Waals surface area (Å²) < 4.78 is 41.9. The second kappa shape index (κ2) is 6.17. The number of carbonyl (C=O) groups excluding carboxylic acids is 1. The number of piperazine rings is 1. The normalized spacial score (nSPS) is 19.9. The Kier molecular flexibility index (Phi) is 5.26. The van der Waals surface area contributed by atoms with Crippen LogP contribution in [0, 0.1) is 0 Å². The molecule has 0 saturated carbocycles. The topological polar surface area (TPSA) is 53.0 Å². The first-order valence-electron chi connectivity index (χ1n) is 6.44. The minimum absolute atomic E-state index is 0.284. The van der Waals surface area contributed by atoms with Gasteiger partial charge in [-0.3, -0.25) is 4.90 Å². The van der Waals surface area contributed by atoms with Gasteiger partial charge in [0.25, 0.3) is 0 Å². The summed E-state index contributed by atoms with van der Waals surface area (Å²) in [6, 6.07) is 0. The van der Waals surface area contributed by atoms with Gasteiger partial charge >= 0.3 is 12.3 Å². The number of aliphatic hydroxyl groups is 1. The summed E-state index contributed by atoms with van der Waals surface area (Å²) in [4.78, 5) is 14.7. The Morgan fingerprint density at radius 1 is 1.20 bits per heavy atom. The number of carbonyl (C=O) groups is 1. The third-order valence-corrected chi connectivity index (χ3v) is 2.83. The number of hydrogen-bond donors (Lipinski definition) is 1. The van der Waals surface area contributed by atoms with Gasteiger partial charge in [0.1, 0.15) is 5.60 Å². The van der Waals surface area contributed by atoms with Gasteiger partial charge in [0.05, 0.1) is 0 Å². The maximum Gasteiger partial charge on any atom is 0.415 e. The summed E-state index contributed by atoms with van der Waals surface area (Å²) in [6.07, 6.45) is -7.42. The first-order valence-corrected chi connectivity index (χ1v) is 6.44. The van der Waals surface area contributed by atoms with Crippen molar-refractivity contribution in [3.8, 4) is 0 Å². The Bertz CT molecular complexity index is 334. The van der Waals surface area contributed by atoms with Crippen molar-refractivity contribution in [2.75, 3.05) is 32.7 Å². The van der Waals surface area contributed by atoms with Crippen LogP contribution in [0.2, 0.25) is 0 Å². The molecule has 1 aliphatic rings. The molecule has 1 amide bonds. The largest absolute Gasteiger partial charge is 0.444 e. The summed E-state index contributed by atoms with van der Waals surface area (Å²) in [5.41, 5.74) is -0.597. The molecule has 8 heteroatoms. The highest BCUT2D eigenvalue weighted by Gasteiger charge is 2.39. The minimum atomic E-state index is -4.61. The van der Waals surface area contributed by atoms with Crippen LogP contribution in [0.25, 0.3) is 0 Å². The van der Waals surface area contributed by atoms with Gasteiger partial charge in [0.15, 0.2) is 6.10 Å². The number of amides is 1. The molecule has 0 spiro atoms. The Balaban J connectivity index is 2.39. The third kappa shape index (κ3) is 5.54. The summed E-state index contributed by atoms with van der Waals surface area (Å²) in [5, 5.41) is 8.99. The predicted octanol–water partition coefficient (Wildman–Crippen LogP) is 1.46. The van der Waals surface area contributed by atoms with E-state index in [1.807, 2.05) is 0 Å². The van der Waals surface area contributed by atoms with Gasteiger partial charge in [0.2, 0.25) is 0 Å². The zero-order chi connectivity index (χ0) is 15.6. The lowest BCUT2D eigenvalue weighted by molar-refractivity contribution is -0.208. The molecule has 0 aromatic carbocycles. The number of nitrogens with zero attached hydrogens (tertiary/aromatic N) is 2. The van der Waals surface area contributed by atoms with E-state index in [4.69, 9.17) is 9.84 Å². The van der Waals surface area contributed by atoms with E-state index in [2.05, 4.69) is 0 Å². The second-order valence-electron chi connectivity index (χ2n) is 5.83. The lowest BCUT2D eigenvalue weighted by atomic mass is 10.2. The highest BCUT2D eigenvalue weighted by molar-refractivity contribution is 5.68. The van der Waals surface area contributed by atoms with E-state index in [0.717, 1.165) is 0 Å². The molecule has 118 valence electrons. The third-order valence-electron chi connectivity index (χ3n) is 2.83. The molecular formula is C12H21F3N2O3. The van der Waals surface area contributed by atoms with Crippen LogP contribution in [0.5, 0.6) is 0 Å². The van der Waals surface area contributed by atoms with Gasteiger partial charge in [-0.2, -0.15) is 13.2 Å². The van der Waals surface area contributed by atoms with E-state index in [1.54, 1.807) is 20.8 Å². The van der Waals surface area contributed by atoms with Crippen LogP contribution in [0.1, 0.15) is 20.8 Å². The van der Waals surface area contributed by atoms with Crippen molar-refractivity contribution in [1.82, 2.24) is 9.80 Å². The number of β-amino-alcohol motifs (C(OH)–C–C–N with tert-alkyl or cyclic N) is 1. The van der Waals surface area contributed by atoms with Crippen molar-refractivity contribution in [2.45, 2.75) is 38.7 Å². The molecule has 0 aromatic heterocycles. The van der Waals surface area contributed by atoms with Gasteiger partial charge in [-0.05, 0) is 20.8 Å². The number of alkyl halides is 3. The fraction of sp³-hybridized carbons (Fsp3) is 0.917. The SMILES string of the molecule is CC(C)(C)OC(=O)N1CCN(CC(O)C(F)(F)F)CC1. The van der Waals surface area contributed by atoms with Crippen molar-refractivity contribution in [3.63, 3.8) is 0 Å². The molecule has 1 heterocycles. The molecule has 5 nitrogen and oxygen atoms in total. The van der Waals surface area contributed by atoms with Gasteiger partial charge in [0, 0.05) is 32.7 Å². The maximum atomic E-state index is 12.2. The lowest BCUT2D eigenvalue weighted by Gasteiger charge is -2.36. The van der Waals surface area contributed by atoms with Gasteiger partial charge in [-0.15, -0.1) is 0 Å². The quantitative estimate of drug-likeness (QED) is 0.838. The minimum Gasteiger partial charge on any atom is -0.444 e. The number of hydrogen-bond acceptors (Lipinski definition) is 4. The van der Waals surface area contributed by atoms with E-state index in [0.29, 0.717) is 13.1 Å². The fourth-order valence-corrected chi connectivity index (χ4v) is 1.79. The maximum absolute atomic E-state index is 12.2. The smallest absolute Gasteiger partial charge is 0.415 e. The van der Waals surface area contributed by atoms with E-state index in [1.165, 1.54) is 9.80 Å². The Morgan fingerprint density at radius 2 is 1.70 bits per heavy atom. The van der Waals surface area contributed by atoms with Gasteiger partial charge in [-0.25, -0.2) is 4.79 Å². The average Bonchev–Trinajstić information content (AvgIpc) is 2.26. The molecule has 1 saturated heterocycles. The van der Waals surface area contributed by atoms with E-state index in [-0.39, 0.29) is 13.1 Å². The molecule has 0 bridgehead atoms. The molecule has 1 unspecified atom stereocenters. The van der Waals surface area contributed by atoms with E-state index in [9.17, 15) is 18.0 Å². The molecule has 1 N–H and O–H groups in total. The zero-order valence-electron chi connectivity index (χ0n) is 11.9. The Morgan fingerprint density at radius 3 is 2.10 bits per heavy atom. The van der Waals surface area contributed by atoms with E-state index >= 15 is 0 Å². The second-order valence-corrected chi connectivity index (χ2v) is 5.83. The fourth-order valence-electron chi connectivity index (χ4n) is 1.79. The highest BCUT2D eigenvalue weighted by atomic mass is 19.4. The van der Waals surface area contributed by atoms with Crippen LogP contribution in [-0.2, 0) is 4.74 Å². The molecule has 20 heavy (non-hydrogen) atoms. The molecule has 0 aromatic rings. The Hall–Kier alpha value is -1.02. The van der Waals surface area contributed by atoms with Gasteiger partial charge < -0.3 is 14.7 Å². The first kappa shape index (κ1) is 17.0. The van der Waals surface area contributed by atoms with Crippen LogP contribution in [0.3, 0.4) is 0 Å². The molecule has 1 fully saturated rings. The zero-order valence-corrected chi connectivity index (χ0v) is 11.9. The number of aliphatic hydroxyl groups excluding tert-OH is 1. The summed E-state index contributed by atoms with van der Waals surface area (Å²) in [6.45, 7) is 5.94. The molecular weight excluding hydrogens is 277 g/mol. The monoisotopic (exact) mass is 298 g/mol. The van der Waals surface area contributed by atoms with Crippen molar-refractivity contribution >= 4 is 6.09 Å². The lowest BCUT2D eigenvalue weighted by Crippen LogP contribution is -2.52. The van der Waals surface area contributed by atoms with Crippen LogP contribution < -0.4 is 0 Å². The Labute approximate surface area is 116 Å². The molecule has 1 aliphatic heterocycles. The van der Waals surface area contributed by atoms with Crippen LogP contribution in [0.15, 0.2) is 0 Å². The standard InChI is InChI=1S/C12H21F3N2O3/c1-11(2,3)20-10(19)17-6-4-16(5-7-17)8-9(18)12(13,14)15/h9,18H,4-8H2,1-3H3. The van der Waals surface area contributed by atoms with Gasteiger partial charge in [-0.1, -0.05) is 0 Å². The van der Waals surface area contributed by atoms with Crippen molar-refractivity contribution < 1.29 is 27.8 Å². The molecule has 0 radical (unpaired) electrons. The first-order chi connectivity index (χ1) is 8.99. The van der Waals surface area contributed by atoms with Crippen LogP contribution in [0.4, 0.5) is 18.0 Å². The predicted molar refractivity (Wildman–Crippen MR) is 66.3 cm³/mol. The molecule has 0 aliphatic carbocycles. The highest BCUT2D eigenvalue weighted by Crippen LogP contribution is 2.21. The van der Waals surface area contributed by atoms with Crippen molar-refractivity contribution in [1.29, 1.82) is 0 Å². The molecule has 1 atom stereocenters. The average molecular weight is 298 g/mol. The summed E-state index contributed by atoms with van der Waals surface area (Å²) >= 11 is 0. The van der Waals surface area contributed by atoms with Crippen LogP contribution >= 0.6 is 0 Å². The number of ether oxygens (including phenoxy) is 1. The summed E-state index contributed by atoms with van der Waals surface area (Å²) in [5.74, 6) is 0. The van der Waals surface area contributed by atoms with Crippen LogP contribution in [-0.4, -0.2) is 71.6 Å². The number of halogens is 3. The summed E-state index contributed by atoms with van der Waals surface area (Å²) in [7, 11) is 0. The number of rotatable bonds is 2. The van der Waals surface area contributed by atoms with E-state index < -0.39 is 30.5 Å². The van der Waals surface area contributed by atoms with Crippen molar-refractivity contribution in [3.05, 3.63) is 0 Å². The molecule has 1 rings (SSSR count). The van der Waals surface area contributed by atoms with Crippen molar-refractivity contribution in [2.24, 2.45) is 0 Å².